The van der Waals surface area contributed by atoms with Crippen LogP contribution in [0, 0.1) is 40.4 Å². The first-order chi connectivity index (χ1) is 15.1. The average molecular weight is 471 g/mol. The monoisotopic (exact) mass is 470 g/mol. The van der Waals surface area contributed by atoms with Gasteiger partial charge >= 0.3 is 6.18 Å². The molecule has 3 saturated carbocycles. The molecular formula is C28H45F3O2. The summed E-state index contributed by atoms with van der Waals surface area (Å²) in [6.45, 7) is 9.89. The maximum atomic E-state index is 13.2. The molecule has 0 aromatic rings. The van der Waals surface area contributed by atoms with Crippen molar-refractivity contribution in [3.05, 3.63) is 11.6 Å². The molecule has 0 amide bonds. The van der Waals surface area contributed by atoms with E-state index in [9.17, 15) is 23.4 Å². The molecule has 0 aromatic carbocycles. The third-order valence-electron chi connectivity index (χ3n) is 11.1. The zero-order valence-corrected chi connectivity index (χ0v) is 21.3. The average Bonchev–Trinajstić information content (AvgIpc) is 2.70. The Kier molecular flexibility index (Phi) is 6.39. The lowest BCUT2D eigenvalue weighted by Crippen LogP contribution is -2.55. The van der Waals surface area contributed by atoms with Crippen molar-refractivity contribution in [2.24, 2.45) is 40.4 Å². The Hall–Kier alpha value is -0.550. The van der Waals surface area contributed by atoms with Crippen molar-refractivity contribution in [1.29, 1.82) is 0 Å². The smallest absolute Gasteiger partial charge is 0.390 e. The van der Waals surface area contributed by atoms with Gasteiger partial charge in [-0.3, -0.25) is 0 Å². The van der Waals surface area contributed by atoms with E-state index in [-0.39, 0.29) is 23.2 Å². The summed E-state index contributed by atoms with van der Waals surface area (Å²) in [7, 11) is 0. The summed E-state index contributed by atoms with van der Waals surface area (Å²) in [6, 6.07) is 0. The van der Waals surface area contributed by atoms with Gasteiger partial charge in [-0.15, -0.1) is 0 Å². The molecule has 0 heterocycles. The fourth-order valence-electron chi connectivity index (χ4n) is 8.83. The van der Waals surface area contributed by atoms with Crippen molar-refractivity contribution >= 4 is 0 Å². The standard InChI is InChI=1S/C28H45F3O2/c1-18(11-14-27(5,33)28(29,30)31)21-7-6-8-22-20-10-9-19-17-24(2,32)15-16-25(19,3)23(20)12-13-26(21,22)4/h9,18,20-23,32-33H,6-8,10-17H2,1-5H3/t18-,20+,21-,22+,23+,24+,25+,26-,27+/m1/s1. The minimum absolute atomic E-state index is 0.171. The molecule has 0 spiro atoms. The molecule has 190 valence electrons. The fraction of sp³-hybridized carbons (Fsp3) is 0.929. The number of alkyl halides is 3. The van der Waals surface area contributed by atoms with E-state index >= 15 is 0 Å². The third kappa shape index (κ3) is 4.32. The summed E-state index contributed by atoms with van der Waals surface area (Å²) in [6.07, 6.45) is 7.74. The van der Waals surface area contributed by atoms with Crippen LogP contribution in [-0.4, -0.2) is 27.6 Å². The predicted molar refractivity (Wildman–Crippen MR) is 126 cm³/mol. The van der Waals surface area contributed by atoms with Crippen molar-refractivity contribution in [2.45, 2.75) is 123 Å². The van der Waals surface area contributed by atoms with E-state index < -0.39 is 17.4 Å². The van der Waals surface area contributed by atoms with Gasteiger partial charge in [-0.25, -0.2) is 0 Å². The van der Waals surface area contributed by atoms with E-state index in [2.05, 4.69) is 26.8 Å². The first kappa shape index (κ1) is 25.5. The van der Waals surface area contributed by atoms with Crippen molar-refractivity contribution in [1.82, 2.24) is 0 Å². The topological polar surface area (TPSA) is 40.5 Å². The molecule has 3 fully saturated rings. The number of rotatable bonds is 4. The van der Waals surface area contributed by atoms with Crippen LogP contribution in [0.3, 0.4) is 0 Å². The fourth-order valence-corrected chi connectivity index (χ4v) is 8.83. The molecule has 0 aliphatic heterocycles. The molecule has 0 bridgehead atoms. The van der Waals surface area contributed by atoms with Crippen molar-refractivity contribution < 1.29 is 23.4 Å². The predicted octanol–water partition coefficient (Wildman–Crippen LogP) is 7.44. The van der Waals surface area contributed by atoms with Crippen LogP contribution in [0.15, 0.2) is 11.6 Å². The lowest BCUT2D eigenvalue weighted by molar-refractivity contribution is -0.256. The van der Waals surface area contributed by atoms with Crippen LogP contribution in [0.5, 0.6) is 0 Å². The highest BCUT2D eigenvalue weighted by Crippen LogP contribution is 2.66. The lowest BCUT2D eigenvalue weighted by Gasteiger charge is -2.63. The van der Waals surface area contributed by atoms with Crippen LogP contribution < -0.4 is 0 Å². The molecule has 33 heavy (non-hydrogen) atoms. The molecule has 5 heteroatoms. The Morgan fingerprint density at radius 1 is 1.06 bits per heavy atom. The number of allylic oxidation sites excluding steroid dienone is 1. The van der Waals surface area contributed by atoms with Crippen LogP contribution in [0.25, 0.3) is 0 Å². The first-order valence-corrected chi connectivity index (χ1v) is 13.3. The lowest BCUT2D eigenvalue weighted by atomic mass is 9.42. The Morgan fingerprint density at radius 2 is 1.76 bits per heavy atom. The maximum absolute atomic E-state index is 13.2. The Bertz CT molecular complexity index is 770. The molecule has 0 saturated heterocycles. The highest BCUT2D eigenvalue weighted by molar-refractivity contribution is 5.26. The molecule has 0 radical (unpaired) electrons. The number of aliphatic hydroxyl groups is 2. The second-order valence-electron chi connectivity index (χ2n) is 13.3. The third-order valence-corrected chi connectivity index (χ3v) is 11.1. The highest BCUT2D eigenvalue weighted by atomic mass is 19.4. The Morgan fingerprint density at radius 3 is 2.42 bits per heavy atom. The number of fused-ring (bicyclic) bond motifs is 5. The van der Waals surface area contributed by atoms with E-state index in [1.807, 2.05) is 6.92 Å². The summed E-state index contributed by atoms with van der Waals surface area (Å²) in [5.74, 6) is 2.53. The quantitative estimate of drug-likeness (QED) is 0.419. The van der Waals surface area contributed by atoms with Gasteiger partial charge in [-0.2, -0.15) is 13.2 Å². The van der Waals surface area contributed by atoms with Crippen molar-refractivity contribution in [2.75, 3.05) is 0 Å². The minimum Gasteiger partial charge on any atom is -0.390 e. The van der Waals surface area contributed by atoms with E-state index in [0.29, 0.717) is 30.1 Å². The molecule has 4 aliphatic carbocycles. The van der Waals surface area contributed by atoms with Gasteiger partial charge < -0.3 is 10.2 Å². The van der Waals surface area contributed by atoms with E-state index in [0.717, 1.165) is 51.9 Å². The minimum atomic E-state index is -4.57. The van der Waals surface area contributed by atoms with Gasteiger partial charge in [0.05, 0.1) is 5.60 Å². The van der Waals surface area contributed by atoms with Crippen LogP contribution in [0.4, 0.5) is 13.2 Å². The van der Waals surface area contributed by atoms with Gasteiger partial charge in [0.25, 0.3) is 0 Å². The second kappa shape index (κ2) is 8.25. The maximum Gasteiger partial charge on any atom is 0.416 e. The molecule has 0 aromatic heterocycles. The highest BCUT2D eigenvalue weighted by Gasteiger charge is 2.58. The van der Waals surface area contributed by atoms with E-state index in [1.165, 1.54) is 18.4 Å². The van der Waals surface area contributed by atoms with E-state index in [4.69, 9.17) is 0 Å². The summed E-state index contributed by atoms with van der Waals surface area (Å²) >= 11 is 0. The first-order valence-electron chi connectivity index (χ1n) is 13.3. The number of hydrogen-bond acceptors (Lipinski definition) is 2. The van der Waals surface area contributed by atoms with Gasteiger partial charge in [0.1, 0.15) is 0 Å². The molecule has 9 atom stereocenters. The normalized spacial score (nSPS) is 46.3. The summed E-state index contributed by atoms with van der Waals surface area (Å²) in [5, 5.41) is 20.7. The zero-order chi connectivity index (χ0) is 24.4. The number of halogens is 3. The molecule has 0 unspecified atom stereocenters. The van der Waals surface area contributed by atoms with Gasteiger partial charge in [0.15, 0.2) is 5.60 Å². The second-order valence-corrected chi connectivity index (χ2v) is 13.3. The molecule has 4 aliphatic rings. The van der Waals surface area contributed by atoms with Crippen LogP contribution in [0.2, 0.25) is 0 Å². The summed E-state index contributed by atoms with van der Waals surface area (Å²) in [4.78, 5) is 0. The Balaban J connectivity index is 1.52. The van der Waals surface area contributed by atoms with E-state index in [1.54, 1.807) is 0 Å². The SMILES string of the molecule is C[C@H](CC[C@](C)(O)C(F)(F)F)[C@H]1CCC[C@H]2[C@@H]3CC=C4C[C@@](C)(O)CC[C@]4(C)[C@H]3CC[C@]12C. The Labute approximate surface area is 198 Å². The van der Waals surface area contributed by atoms with Crippen molar-refractivity contribution in [3.63, 3.8) is 0 Å². The largest absolute Gasteiger partial charge is 0.416 e. The summed E-state index contributed by atoms with van der Waals surface area (Å²) < 4.78 is 39.6. The molecule has 2 N–H and O–H groups in total. The van der Waals surface area contributed by atoms with Gasteiger partial charge in [0, 0.05) is 0 Å². The van der Waals surface area contributed by atoms with Crippen molar-refractivity contribution in [3.8, 4) is 0 Å². The summed E-state index contributed by atoms with van der Waals surface area (Å²) in [5.41, 5.74) is -1.35. The molecular weight excluding hydrogens is 425 g/mol. The van der Waals surface area contributed by atoms with Crippen LogP contribution in [-0.2, 0) is 0 Å². The van der Waals surface area contributed by atoms with Gasteiger partial charge in [-0.1, -0.05) is 38.8 Å². The zero-order valence-electron chi connectivity index (χ0n) is 21.3. The van der Waals surface area contributed by atoms with Crippen LogP contribution >= 0.6 is 0 Å². The number of hydrogen-bond donors (Lipinski definition) is 2. The van der Waals surface area contributed by atoms with Gasteiger partial charge in [-0.05, 0) is 118 Å². The molecule has 2 nitrogen and oxygen atoms in total. The molecule has 4 rings (SSSR count). The van der Waals surface area contributed by atoms with Gasteiger partial charge in [0.2, 0.25) is 0 Å². The van der Waals surface area contributed by atoms with Crippen LogP contribution in [0.1, 0.15) is 105 Å².